The average molecular weight is 424 g/mol. The van der Waals surface area contributed by atoms with Gasteiger partial charge in [0.2, 0.25) is 0 Å². The maximum atomic E-state index is 14.0. The van der Waals surface area contributed by atoms with E-state index in [1.54, 1.807) is 0 Å². The summed E-state index contributed by atoms with van der Waals surface area (Å²) in [5.41, 5.74) is -2.73. The van der Waals surface area contributed by atoms with Crippen molar-refractivity contribution in [3.05, 3.63) is 28.8 Å². The fraction of sp³-hybridized carbons (Fsp3) is 0.700. The van der Waals surface area contributed by atoms with Gasteiger partial charge in [-0.05, 0) is 30.9 Å². The molecule has 164 valence electrons. The highest BCUT2D eigenvalue weighted by Gasteiger charge is 2.44. The molecule has 3 nitrogen and oxygen atoms in total. The fourth-order valence-corrected chi connectivity index (χ4v) is 4.63. The third-order valence-corrected chi connectivity index (χ3v) is 5.93. The van der Waals surface area contributed by atoms with Crippen LogP contribution >= 0.6 is 0 Å². The molecule has 0 aromatic heterocycles. The predicted molar refractivity (Wildman–Crippen MR) is 96.8 cm³/mol. The van der Waals surface area contributed by atoms with E-state index in [1.807, 2.05) is 4.90 Å². The van der Waals surface area contributed by atoms with Crippen molar-refractivity contribution in [1.29, 1.82) is 0 Å². The topological polar surface area (TPSA) is 24.5 Å². The van der Waals surface area contributed by atoms with Gasteiger partial charge in [0, 0.05) is 37.8 Å². The number of piperazine rings is 1. The molecule has 2 aliphatic rings. The molecule has 2 fully saturated rings. The Hall–Kier alpha value is -1.48. The lowest BCUT2D eigenvalue weighted by atomic mass is 9.78. The van der Waals surface area contributed by atoms with Crippen molar-refractivity contribution in [2.45, 2.75) is 50.5 Å². The first-order valence-electron chi connectivity index (χ1n) is 9.94. The highest BCUT2D eigenvalue weighted by molar-refractivity contribution is 5.48. The van der Waals surface area contributed by atoms with Crippen molar-refractivity contribution in [2.24, 2.45) is 5.92 Å². The number of methoxy groups -OCH3 is 1. The average Bonchev–Trinajstić information content (AvgIpc) is 2.68. The van der Waals surface area contributed by atoms with Gasteiger partial charge >= 0.3 is 12.4 Å². The van der Waals surface area contributed by atoms with Gasteiger partial charge in [0.25, 0.3) is 0 Å². The van der Waals surface area contributed by atoms with Gasteiger partial charge in [-0.15, -0.1) is 0 Å². The molecule has 1 N–H and O–H groups in total. The second kappa shape index (κ2) is 8.71. The third kappa shape index (κ3) is 4.99. The number of hydrogen-bond donors (Lipinski definition) is 1. The SMILES string of the molecule is COc1cc(C(F)(F)F)cc(C(F)(F)F)c1[C@H](C1CCCCC1)N1CCNCC1. The molecule has 9 heteroatoms. The first kappa shape index (κ1) is 22.2. The maximum Gasteiger partial charge on any atom is 0.416 e. The summed E-state index contributed by atoms with van der Waals surface area (Å²) in [4.78, 5) is 1.98. The first-order chi connectivity index (χ1) is 13.6. The molecule has 3 rings (SSSR count). The molecule has 0 bridgehead atoms. The van der Waals surface area contributed by atoms with E-state index in [-0.39, 0.29) is 23.3 Å². The van der Waals surface area contributed by atoms with Crippen LogP contribution in [0.5, 0.6) is 5.75 Å². The van der Waals surface area contributed by atoms with Crippen molar-refractivity contribution in [3.63, 3.8) is 0 Å². The number of nitrogens with one attached hydrogen (secondary N) is 1. The molecule has 1 atom stereocenters. The van der Waals surface area contributed by atoms with Crippen molar-refractivity contribution >= 4 is 0 Å². The largest absolute Gasteiger partial charge is 0.496 e. The van der Waals surface area contributed by atoms with E-state index in [0.717, 1.165) is 39.2 Å². The Morgan fingerprint density at radius 3 is 2.10 bits per heavy atom. The van der Waals surface area contributed by atoms with Crippen LogP contribution in [0, 0.1) is 5.92 Å². The van der Waals surface area contributed by atoms with E-state index in [9.17, 15) is 26.3 Å². The van der Waals surface area contributed by atoms with Crippen LogP contribution in [-0.4, -0.2) is 38.2 Å². The Morgan fingerprint density at radius 1 is 0.966 bits per heavy atom. The predicted octanol–water partition coefficient (Wildman–Crippen LogP) is 5.26. The minimum atomic E-state index is -4.91. The Bertz CT molecular complexity index is 673. The number of hydrogen-bond acceptors (Lipinski definition) is 3. The van der Waals surface area contributed by atoms with Crippen LogP contribution in [0.3, 0.4) is 0 Å². The van der Waals surface area contributed by atoms with Gasteiger partial charge in [0.05, 0.1) is 18.2 Å². The van der Waals surface area contributed by atoms with Crippen molar-refractivity contribution in [1.82, 2.24) is 10.2 Å². The lowest BCUT2D eigenvalue weighted by Crippen LogP contribution is -2.47. The summed E-state index contributed by atoms with van der Waals surface area (Å²) in [7, 11) is 1.13. The van der Waals surface area contributed by atoms with Gasteiger partial charge in [0.1, 0.15) is 5.75 Å². The summed E-state index contributed by atoms with van der Waals surface area (Å²) in [6.45, 7) is 2.35. The molecular formula is C20H26F6N2O. The van der Waals surface area contributed by atoms with Gasteiger partial charge in [-0.3, -0.25) is 4.90 Å². The molecule has 1 aromatic rings. The summed E-state index contributed by atoms with van der Waals surface area (Å²) >= 11 is 0. The van der Waals surface area contributed by atoms with Crippen molar-refractivity contribution in [2.75, 3.05) is 33.3 Å². The molecule has 1 saturated carbocycles. The van der Waals surface area contributed by atoms with Crippen LogP contribution in [0.4, 0.5) is 26.3 Å². The summed E-state index contributed by atoms with van der Waals surface area (Å²) in [5, 5.41) is 3.18. The van der Waals surface area contributed by atoms with E-state index in [4.69, 9.17) is 4.74 Å². The van der Waals surface area contributed by atoms with Crippen LogP contribution in [0.2, 0.25) is 0 Å². The van der Waals surface area contributed by atoms with E-state index in [2.05, 4.69) is 5.32 Å². The molecule has 0 spiro atoms. The van der Waals surface area contributed by atoms with Crippen LogP contribution < -0.4 is 10.1 Å². The minimum absolute atomic E-state index is 0.0476. The summed E-state index contributed by atoms with van der Waals surface area (Å²) in [6, 6.07) is 0.338. The highest BCUT2D eigenvalue weighted by atomic mass is 19.4. The van der Waals surface area contributed by atoms with Crippen LogP contribution in [0.1, 0.15) is 54.8 Å². The third-order valence-electron chi connectivity index (χ3n) is 5.93. The first-order valence-corrected chi connectivity index (χ1v) is 9.94. The molecule has 0 amide bonds. The number of ether oxygens (including phenoxy) is 1. The van der Waals surface area contributed by atoms with Crippen molar-refractivity contribution in [3.8, 4) is 5.75 Å². The Morgan fingerprint density at radius 2 is 1.59 bits per heavy atom. The highest BCUT2D eigenvalue weighted by Crippen LogP contribution is 2.49. The Labute approximate surface area is 166 Å². The summed E-state index contributed by atoms with van der Waals surface area (Å²) < 4.78 is 86.9. The smallest absolute Gasteiger partial charge is 0.416 e. The van der Waals surface area contributed by atoms with Crippen LogP contribution in [0.15, 0.2) is 12.1 Å². The van der Waals surface area contributed by atoms with E-state index in [1.165, 1.54) is 0 Å². The van der Waals surface area contributed by atoms with Crippen molar-refractivity contribution < 1.29 is 31.1 Å². The molecule has 0 radical (unpaired) electrons. The molecule has 1 aromatic carbocycles. The summed E-state index contributed by atoms with van der Waals surface area (Å²) in [6.07, 6.45) is -5.42. The van der Waals surface area contributed by atoms with Gasteiger partial charge in [0.15, 0.2) is 0 Å². The van der Waals surface area contributed by atoms with E-state index >= 15 is 0 Å². The zero-order chi connectivity index (χ0) is 21.2. The molecule has 0 unspecified atom stereocenters. The van der Waals surface area contributed by atoms with Gasteiger partial charge < -0.3 is 10.1 Å². The summed E-state index contributed by atoms with van der Waals surface area (Å²) in [5.74, 6) is -0.380. The Balaban J connectivity index is 2.19. The van der Waals surface area contributed by atoms with Gasteiger partial charge in [-0.2, -0.15) is 26.3 Å². The van der Waals surface area contributed by atoms with Gasteiger partial charge in [-0.25, -0.2) is 0 Å². The maximum absolute atomic E-state index is 14.0. The fourth-order valence-electron chi connectivity index (χ4n) is 4.63. The quantitative estimate of drug-likeness (QED) is 0.668. The van der Waals surface area contributed by atoms with E-state index in [0.29, 0.717) is 32.2 Å². The molecule has 1 aliphatic heterocycles. The van der Waals surface area contributed by atoms with Gasteiger partial charge in [-0.1, -0.05) is 19.3 Å². The lowest BCUT2D eigenvalue weighted by Gasteiger charge is -2.42. The molecule has 1 saturated heterocycles. The number of benzene rings is 1. The normalized spacial score (nSPS) is 21.2. The standard InChI is InChI=1S/C20H26F6N2O/c1-29-16-12-14(19(21,22)23)11-15(20(24,25)26)17(16)18(13-5-3-2-4-6-13)28-9-7-27-8-10-28/h11-13,18,27H,2-10H2,1H3/t18-/m0/s1. The van der Waals surface area contributed by atoms with E-state index < -0.39 is 29.5 Å². The zero-order valence-corrected chi connectivity index (χ0v) is 16.3. The van der Waals surface area contributed by atoms with Crippen LogP contribution in [-0.2, 0) is 12.4 Å². The molecule has 1 heterocycles. The Kier molecular flexibility index (Phi) is 6.67. The second-order valence-electron chi connectivity index (χ2n) is 7.76. The number of alkyl halides is 6. The minimum Gasteiger partial charge on any atom is -0.496 e. The number of rotatable bonds is 4. The molecular weight excluding hydrogens is 398 g/mol. The second-order valence-corrected chi connectivity index (χ2v) is 7.76. The molecule has 1 aliphatic carbocycles. The zero-order valence-electron chi connectivity index (χ0n) is 16.3. The lowest BCUT2D eigenvalue weighted by molar-refractivity contribution is -0.144. The number of halogens is 6. The monoisotopic (exact) mass is 424 g/mol. The van der Waals surface area contributed by atoms with Crippen LogP contribution in [0.25, 0.3) is 0 Å². The number of nitrogens with zero attached hydrogens (tertiary/aromatic N) is 1. The molecule has 29 heavy (non-hydrogen) atoms.